The number of rotatable bonds is 4. The first-order valence-electron chi connectivity index (χ1n) is 6.88. The quantitative estimate of drug-likeness (QED) is 0.805. The van der Waals surface area contributed by atoms with Crippen molar-refractivity contribution in [3.63, 3.8) is 0 Å². The van der Waals surface area contributed by atoms with E-state index in [1.165, 1.54) is 0 Å². The van der Waals surface area contributed by atoms with Crippen molar-refractivity contribution in [2.24, 2.45) is 23.2 Å². The van der Waals surface area contributed by atoms with Gasteiger partial charge in [0.05, 0.1) is 11.8 Å². The summed E-state index contributed by atoms with van der Waals surface area (Å²) < 4.78 is 0. The van der Waals surface area contributed by atoms with Crippen LogP contribution in [0, 0.1) is 23.2 Å². The summed E-state index contributed by atoms with van der Waals surface area (Å²) in [5, 5.41) is 12.2. The molecule has 1 amide bonds. The summed E-state index contributed by atoms with van der Waals surface area (Å²) in [5.74, 6) is -1.30. The number of carboxylic acid groups (broad SMARTS) is 1. The second-order valence-electron chi connectivity index (χ2n) is 6.55. The van der Waals surface area contributed by atoms with Gasteiger partial charge in [0.25, 0.3) is 0 Å². The van der Waals surface area contributed by atoms with Crippen molar-refractivity contribution in [1.82, 2.24) is 5.32 Å². The Morgan fingerprint density at radius 2 is 1.83 bits per heavy atom. The lowest BCUT2D eigenvalue weighted by atomic mass is 9.95. The van der Waals surface area contributed by atoms with Crippen molar-refractivity contribution in [2.45, 2.75) is 52.5 Å². The van der Waals surface area contributed by atoms with Gasteiger partial charge in [0.2, 0.25) is 5.91 Å². The zero-order chi connectivity index (χ0) is 13.5. The largest absolute Gasteiger partial charge is 0.481 e. The van der Waals surface area contributed by atoms with Crippen LogP contribution in [0.2, 0.25) is 0 Å². The normalized spacial score (nSPS) is 37.3. The van der Waals surface area contributed by atoms with E-state index in [0.29, 0.717) is 12.3 Å². The number of carbonyl (C=O) groups is 2. The van der Waals surface area contributed by atoms with Gasteiger partial charge in [-0.15, -0.1) is 0 Å². The molecule has 2 N–H and O–H groups in total. The first kappa shape index (κ1) is 13.4. The molecule has 0 aromatic carbocycles. The Morgan fingerprint density at radius 1 is 1.28 bits per heavy atom. The molecule has 2 saturated carbocycles. The van der Waals surface area contributed by atoms with Crippen LogP contribution in [-0.2, 0) is 9.59 Å². The minimum absolute atomic E-state index is 0.0473. The maximum absolute atomic E-state index is 12.2. The van der Waals surface area contributed by atoms with E-state index in [-0.39, 0.29) is 23.3 Å². The molecule has 18 heavy (non-hydrogen) atoms. The first-order chi connectivity index (χ1) is 8.35. The second kappa shape index (κ2) is 4.56. The minimum Gasteiger partial charge on any atom is -0.481 e. The molecule has 102 valence electrons. The maximum atomic E-state index is 12.2. The van der Waals surface area contributed by atoms with Crippen molar-refractivity contribution in [2.75, 3.05) is 0 Å². The van der Waals surface area contributed by atoms with Crippen molar-refractivity contribution in [3.05, 3.63) is 0 Å². The summed E-state index contributed by atoms with van der Waals surface area (Å²) in [4.78, 5) is 23.4. The Morgan fingerprint density at radius 3 is 2.28 bits per heavy atom. The van der Waals surface area contributed by atoms with Gasteiger partial charge in [0.15, 0.2) is 0 Å². The zero-order valence-electron chi connectivity index (χ0n) is 11.4. The van der Waals surface area contributed by atoms with Crippen molar-refractivity contribution in [1.29, 1.82) is 0 Å². The van der Waals surface area contributed by atoms with Gasteiger partial charge in [0, 0.05) is 6.04 Å². The monoisotopic (exact) mass is 253 g/mol. The van der Waals surface area contributed by atoms with E-state index in [9.17, 15) is 14.7 Å². The highest BCUT2D eigenvalue weighted by Gasteiger charge is 2.49. The number of hydrogen-bond donors (Lipinski definition) is 2. The first-order valence-corrected chi connectivity index (χ1v) is 6.88. The number of carbonyl (C=O) groups excluding carboxylic acids is 1. The van der Waals surface area contributed by atoms with Gasteiger partial charge in [-0.25, -0.2) is 0 Å². The smallest absolute Gasteiger partial charge is 0.307 e. The Hall–Kier alpha value is -1.06. The summed E-state index contributed by atoms with van der Waals surface area (Å²) in [7, 11) is 0. The number of amides is 1. The van der Waals surface area contributed by atoms with Crippen LogP contribution in [-0.4, -0.2) is 23.0 Å². The Kier molecular flexibility index (Phi) is 3.39. The predicted molar refractivity (Wildman–Crippen MR) is 68.0 cm³/mol. The zero-order valence-corrected chi connectivity index (χ0v) is 11.4. The molecule has 4 heteroatoms. The summed E-state index contributed by atoms with van der Waals surface area (Å²) in [6.07, 6.45) is 3.34. The van der Waals surface area contributed by atoms with Crippen LogP contribution in [0.1, 0.15) is 46.5 Å². The highest BCUT2D eigenvalue weighted by atomic mass is 16.4. The van der Waals surface area contributed by atoms with E-state index in [4.69, 9.17) is 0 Å². The molecule has 2 aliphatic rings. The topological polar surface area (TPSA) is 66.4 Å². The molecule has 4 atom stereocenters. The van der Waals surface area contributed by atoms with Crippen LogP contribution >= 0.6 is 0 Å². The Balaban J connectivity index is 1.97. The van der Waals surface area contributed by atoms with Crippen molar-refractivity contribution < 1.29 is 14.7 Å². The fraction of sp³-hybridized carbons (Fsp3) is 0.857. The Bertz CT molecular complexity index is 364. The van der Waals surface area contributed by atoms with Crippen LogP contribution in [0.25, 0.3) is 0 Å². The van der Waals surface area contributed by atoms with Gasteiger partial charge in [-0.05, 0) is 30.6 Å². The number of carboxylic acids is 1. The molecule has 0 aliphatic heterocycles. The lowest BCUT2D eigenvalue weighted by molar-refractivity contribution is -0.146. The van der Waals surface area contributed by atoms with Gasteiger partial charge in [-0.1, -0.05) is 27.2 Å². The molecule has 0 aromatic heterocycles. The van der Waals surface area contributed by atoms with Gasteiger partial charge in [-0.3, -0.25) is 9.59 Å². The molecule has 2 aliphatic carbocycles. The lowest BCUT2D eigenvalue weighted by Crippen LogP contribution is -2.37. The standard InChI is InChI=1S/C14H23NO3/c1-4-8-5-9(10(6-8)13(17)18)12(16)15-11-7-14(11,2)3/h8-11H,4-7H2,1-3H3,(H,15,16)(H,17,18)/t8?,9-,10+,11?/m0/s1. The highest BCUT2D eigenvalue weighted by molar-refractivity contribution is 5.85. The molecule has 2 fully saturated rings. The van der Waals surface area contributed by atoms with Crippen LogP contribution in [0.3, 0.4) is 0 Å². The Labute approximate surface area is 108 Å². The number of aliphatic carboxylic acids is 1. The van der Waals surface area contributed by atoms with E-state index in [1.54, 1.807) is 0 Å². The molecule has 0 spiro atoms. The van der Waals surface area contributed by atoms with Gasteiger partial charge in [-0.2, -0.15) is 0 Å². The molecule has 2 unspecified atom stereocenters. The van der Waals surface area contributed by atoms with Crippen LogP contribution in [0.5, 0.6) is 0 Å². The van der Waals surface area contributed by atoms with Crippen LogP contribution < -0.4 is 5.32 Å². The third-order valence-electron chi connectivity index (χ3n) is 4.72. The lowest BCUT2D eigenvalue weighted by Gasteiger charge is -2.16. The number of hydrogen-bond acceptors (Lipinski definition) is 2. The van der Waals surface area contributed by atoms with Crippen molar-refractivity contribution >= 4 is 11.9 Å². The van der Waals surface area contributed by atoms with E-state index < -0.39 is 11.9 Å². The molecule has 2 rings (SSSR count). The van der Waals surface area contributed by atoms with E-state index in [0.717, 1.165) is 19.3 Å². The minimum atomic E-state index is -0.818. The maximum Gasteiger partial charge on any atom is 0.307 e. The third kappa shape index (κ3) is 2.52. The molecule has 0 bridgehead atoms. The van der Waals surface area contributed by atoms with E-state index >= 15 is 0 Å². The predicted octanol–water partition coefficient (Wildman–Crippen LogP) is 2.04. The molecule has 0 heterocycles. The van der Waals surface area contributed by atoms with Crippen LogP contribution in [0.15, 0.2) is 0 Å². The molecular weight excluding hydrogens is 230 g/mol. The summed E-state index contributed by atoms with van der Waals surface area (Å²) in [6.45, 7) is 6.31. The van der Waals surface area contributed by atoms with Crippen LogP contribution in [0.4, 0.5) is 0 Å². The molecule has 4 nitrogen and oxygen atoms in total. The van der Waals surface area contributed by atoms with E-state index in [1.807, 2.05) is 0 Å². The third-order valence-corrected chi connectivity index (χ3v) is 4.72. The molecular formula is C14H23NO3. The number of nitrogens with one attached hydrogen (secondary N) is 1. The van der Waals surface area contributed by atoms with Gasteiger partial charge < -0.3 is 10.4 Å². The molecule has 0 radical (unpaired) electrons. The second-order valence-corrected chi connectivity index (χ2v) is 6.55. The summed E-state index contributed by atoms with van der Waals surface area (Å²) >= 11 is 0. The van der Waals surface area contributed by atoms with Crippen molar-refractivity contribution in [3.8, 4) is 0 Å². The van der Waals surface area contributed by atoms with E-state index in [2.05, 4.69) is 26.1 Å². The SMILES string of the molecule is CCC1C[C@H](C(=O)NC2CC2(C)C)[C@H](C(=O)O)C1. The van der Waals surface area contributed by atoms with Gasteiger partial charge in [0.1, 0.15) is 0 Å². The average Bonchev–Trinajstić information content (AvgIpc) is 2.76. The average molecular weight is 253 g/mol. The van der Waals surface area contributed by atoms with Gasteiger partial charge >= 0.3 is 5.97 Å². The summed E-state index contributed by atoms with van der Waals surface area (Å²) in [6, 6.07) is 0.236. The fourth-order valence-corrected chi connectivity index (χ4v) is 3.03. The molecule has 0 aromatic rings. The summed E-state index contributed by atoms with van der Waals surface area (Å²) in [5.41, 5.74) is 0.192. The molecule has 0 saturated heterocycles. The highest BCUT2D eigenvalue weighted by Crippen LogP contribution is 2.45. The fourth-order valence-electron chi connectivity index (χ4n) is 3.03.